The molecule has 0 aromatic rings. The Morgan fingerprint density at radius 1 is 0.526 bits per heavy atom. The van der Waals surface area contributed by atoms with Gasteiger partial charge in [-0.15, -0.1) is 0 Å². The van der Waals surface area contributed by atoms with Crippen LogP contribution in [-0.2, 0) is 37.9 Å². The Labute approximate surface area is 232 Å². The minimum atomic E-state index is -1.05. The third kappa shape index (κ3) is 4.75. The molecule has 0 aromatic heterocycles. The first-order valence-corrected chi connectivity index (χ1v) is 17.0. The standard InChI is InChI=1S/C28H52O8P2/c1-23(2,3)37-15-17-19(35-27(9,31-13)25(7,29-11)33-17)21(37)22-20-18(16-38(22)24(4,5)6)34-26(8,30-12)28(10,32-14)36-20/h17-22H,15-16H2,1-14H3/t17-,18?,19+,20+,21-,22-,25+,26+,27+,28+,37+,38-/m1/s1. The van der Waals surface area contributed by atoms with Crippen molar-refractivity contribution in [2.24, 2.45) is 0 Å². The number of rotatable bonds is 5. The lowest BCUT2D eigenvalue weighted by Gasteiger charge is -2.54. The van der Waals surface area contributed by atoms with Crippen LogP contribution in [0.25, 0.3) is 0 Å². The topological polar surface area (TPSA) is 73.8 Å². The van der Waals surface area contributed by atoms with Gasteiger partial charge < -0.3 is 37.9 Å². The highest BCUT2D eigenvalue weighted by molar-refractivity contribution is 7.65. The Morgan fingerprint density at radius 3 is 1.03 bits per heavy atom. The third-order valence-electron chi connectivity index (χ3n) is 9.63. The average Bonchev–Trinajstić information content (AvgIpc) is 3.36. The van der Waals surface area contributed by atoms with E-state index in [0.29, 0.717) is 0 Å². The highest BCUT2D eigenvalue weighted by Gasteiger charge is 2.69. The first-order chi connectivity index (χ1) is 17.3. The molecule has 0 spiro atoms. The molecule has 0 radical (unpaired) electrons. The van der Waals surface area contributed by atoms with Crippen molar-refractivity contribution >= 4 is 15.8 Å². The van der Waals surface area contributed by atoms with E-state index in [9.17, 15) is 0 Å². The summed E-state index contributed by atoms with van der Waals surface area (Å²) < 4.78 is 51.2. The molecule has 0 aromatic carbocycles. The Balaban J connectivity index is 1.83. The van der Waals surface area contributed by atoms with Gasteiger partial charge in [0, 0.05) is 39.8 Å². The predicted octanol–water partition coefficient (Wildman–Crippen LogP) is 5.33. The normalized spacial score (nSPS) is 51.6. The van der Waals surface area contributed by atoms with Gasteiger partial charge in [0.15, 0.2) is 0 Å². The molecule has 8 nitrogen and oxygen atoms in total. The van der Waals surface area contributed by atoms with Gasteiger partial charge in [-0.05, 0) is 50.3 Å². The van der Waals surface area contributed by atoms with Gasteiger partial charge in [-0.3, -0.25) is 0 Å². The molecular weight excluding hydrogens is 526 g/mol. The smallest absolute Gasteiger partial charge is 0.220 e. The molecule has 0 saturated carbocycles. The maximum atomic E-state index is 6.99. The van der Waals surface area contributed by atoms with Crippen LogP contribution in [0.1, 0.15) is 69.2 Å². The van der Waals surface area contributed by atoms with Gasteiger partial charge in [-0.1, -0.05) is 57.4 Å². The first-order valence-electron chi connectivity index (χ1n) is 13.8. The molecule has 0 bridgehead atoms. The van der Waals surface area contributed by atoms with Crippen LogP contribution in [0.3, 0.4) is 0 Å². The Hall–Kier alpha value is 0.540. The van der Waals surface area contributed by atoms with Crippen molar-refractivity contribution in [1.29, 1.82) is 0 Å². The van der Waals surface area contributed by atoms with E-state index < -0.39 is 39.0 Å². The SMILES string of the molecule is CO[C@@]1(C)OC2C[P@@](C(C)(C)C)[C@@H]([C@H]3[C@H]4O[C@](C)(OC)[C@@](C)(OC)O[C@@H]4C[P@]3C(C)(C)C)[C@H]2O[C@]1(C)OC. The van der Waals surface area contributed by atoms with Crippen LogP contribution in [0.4, 0.5) is 0 Å². The van der Waals surface area contributed by atoms with Crippen molar-refractivity contribution in [3.8, 4) is 0 Å². The second-order valence-corrected chi connectivity index (χ2v) is 20.2. The maximum Gasteiger partial charge on any atom is 0.220 e. The lowest BCUT2D eigenvalue weighted by atomic mass is 9.96. The third-order valence-corrected chi connectivity index (χ3v) is 17.5. The number of methoxy groups -OCH3 is 4. The van der Waals surface area contributed by atoms with E-state index in [2.05, 4.69) is 41.5 Å². The van der Waals surface area contributed by atoms with Crippen molar-refractivity contribution in [1.82, 2.24) is 0 Å². The number of fused-ring (bicyclic) bond motifs is 2. The molecule has 4 heterocycles. The van der Waals surface area contributed by atoms with E-state index in [-0.39, 0.29) is 46.0 Å². The molecule has 0 N–H and O–H groups in total. The van der Waals surface area contributed by atoms with Gasteiger partial charge in [0.1, 0.15) is 0 Å². The zero-order valence-corrected chi connectivity index (χ0v) is 27.8. The number of hydrogen-bond donors (Lipinski definition) is 0. The van der Waals surface area contributed by atoms with Crippen molar-refractivity contribution in [2.75, 3.05) is 40.8 Å². The fourth-order valence-corrected chi connectivity index (χ4v) is 14.8. The van der Waals surface area contributed by atoms with Crippen LogP contribution in [0, 0.1) is 0 Å². The summed E-state index contributed by atoms with van der Waals surface area (Å²) in [5, 5.41) is 0.185. The molecule has 0 amide bonds. The molecule has 222 valence electrons. The molecule has 4 rings (SSSR count). The largest absolute Gasteiger partial charge is 0.349 e. The second kappa shape index (κ2) is 10.1. The van der Waals surface area contributed by atoms with Crippen LogP contribution < -0.4 is 0 Å². The Kier molecular flexibility index (Phi) is 8.34. The summed E-state index contributed by atoms with van der Waals surface area (Å²) in [6, 6.07) is 0. The highest BCUT2D eigenvalue weighted by Crippen LogP contribution is 2.73. The van der Waals surface area contributed by atoms with Crippen LogP contribution in [0.15, 0.2) is 0 Å². The van der Waals surface area contributed by atoms with Gasteiger partial charge in [-0.25, -0.2) is 0 Å². The summed E-state index contributed by atoms with van der Waals surface area (Å²) in [6.07, 6.45) is 1.45. The predicted molar refractivity (Wildman–Crippen MR) is 152 cm³/mol. The molecular formula is C28H52O8P2. The van der Waals surface area contributed by atoms with Crippen LogP contribution in [0.2, 0.25) is 0 Å². The van der Waals surface area contributed by atoms with Crippen LogP contribution in [-0.4, -0.2) is 110 Å². The lowest BCUT2D eigenvalue weighted by Crippen LogP contribution is -2.68. The minimum Gasteiger partial charge on any atom is -0.349 e. The molecule has 4 aliphatic rings. The molecule has 4 fully saturated rings. The van der Waals surface area contributed by atoms with Gasteiger partial charge >= 0.3 is 0 Å². The Bertz CT molecular complexity index is 808. The summed E-state index contributed by atoms with van der Waals surface area (Å²) in [4.78, 5) is 0. The van der Waals surface area contributed by atoms with Gasteiger partial charge in [-0.2, -0.15) is 0 Å². The number of ether oxygens (including phenoxy) is 8. The molecule has 38 heavy (non-hydrogen) atoms. The van der Waals surface area contributed by atoms with E-state index in [0.717, 1.165) is 12.3 Å². The fourth-order valence-electron chi connectivity index (χ4n) is 6.79. The summed E-state index contributed by atoms with van der Waals surface area (Å²) in [5.41, 5.74) is 0.477. The Morgan fingerprint density at radius 2 is 0.789 bits per heavy atom. The molecule has 4 aliphatic heterocycles. The zero-order valence-electron chi connectivity index (χ0n) is 26.0. The summed E-state index contributed by atoms with van der Waals surface area (Å²) in [6.45, 7) is 21.9. The van der Waals surface area contributed by atoms with Crippen LogP contribution >= 0.6 is 15.8 Å². The lowest BCUT2D eigenvalue weighted by molar-refractivity contribution is -0.448. The summed E-state index contributed by atoms with van der Waals surface area (Å²) >= 11 is 0. The summed E-state index contributed by atoms with van der Waals surface area (Å²) in [5.74, 6) is -4.12. The maximum absolute atomic E-state index is 6.99. The highest BCUT2D eigenvalue weighted by atomic mass is 31.1. The van der Waals surface area contributed by atoms with Crippen molar-refractivity contribution in [3.63, 3.8) is 0 Å². The first kappa shape index (κ1) is 31.5. The minimum absolute atomic E-state index is 0.0862. The van der Waals surface area contributed by atoms with Gasteiger partial charge in [0.05, 0.1) is 24.4 Å². The second-order valence-electron chi connectivity index (χ2n) is 13.7. The van der Waals surface area contributed by atoms with E-state index in [1.165, 1.54) is 0 Å². The quantitative estimate of drug-likeness (QED) is 0.406. The van der Waals surface area contributed by atoms with E-state index in [4.69, 9.17) is 37.9 Å². The molecule has 1 unspecified atom stereocenters. The van der Waals surface area contributed by atoms with Crippen molar-refractivity contribution in [3.05, 3.63) is 0 Å². The zero-order chi connectivity index (χ0) is 28.7. The van der Waals surface area contributed by atoms with Crippen molar-refractivity contribution < 1.29 is 37.9 Å². The molecule has 12 atom stereocenters. The van der Waals surface area contributed by atoms with E-state index in [1.807, 2.05) is 27.7 Å². The average molecular weight is 579 g/mol. The molecule has 10 heteroatoms. The van der Waals surface area contributed by atoms with Crippen molar-refractivity contribution in [2.45, 2.75) is 138 Å². The monoisotopic (exact) mass is 578 g/mol. The van der Waals surface area contributed by atoms with Gasteiger partial charge in [0.25, 0.3) is 0 Å². The molecule has 4 saturated heterocycles. The van der Waals surface area contributed by atoms with Crippen LogP contribution in [0.5, 0.6) is 0 Å². The van der Waals surface area contributed by atoms with E-state index >= 15 is 0 Å². The summed E-state index contributed by atoms with van der Waals surface area (Å²) in [7, 11) is 5.60. The van der Waals surface area contributed by atoms with Gasteiger partial charge in [0.2, 0.25) is 23.1 Å². The fraction of sp³-hybridized carbons (Fsp3) is 1.00. The van der Waals surface area contributed by atoms with E-state index in [1.54, 1.807) is 28.4 Å². The molecule has 0 aliphatic carbocycles. The number of hydrogen-bond acceptors (Lipinski definition) is 8.